The van der Waals surface area contributed by atoms with Crippen molar-refractivity contribution in [1.29, 1.82) is 0 Å². The summed E-state index contributed by atoms with van der Waals surface area (Å²) in [6, 6.07) is 8.51. The van der Waals surface area contributed by atoms with Gasteiger partial charge in [-0.3, -0.25) is 9.78 Å². The molecule has 1 aromatic carbocycles. The van der Waals surface area contributed by atoms with Crippen LogP contribution < -0.4 is 14.2 Å². The second-order valence-corrected chi connectivity index (χ2v) is 10.5. The van der Waals surface area contributed by atoms with Gasteiger partial charge in [0.2, 0.25) is 10.0 Å². The van der Waals surface area contributed by atoms with E-state index < -0.39 is 10.0 Å². The molecule has 0 unspecified atom stereocenters. The summed E-state index contributed by atoms with van der Waals surface area (Å²) in [7, 11) is -0.539. The van der Waals surface area contributed by atoms with Gasteiger partial charge in [-0.2, -0.15) is 0 Å². The second kappa shape index (κ2) is 9.50. The van der Waals surface area contributed by atoms with Gasteiger partial charge in [0.15, 0.2) is 11.5 Å². The first-order chi connectivity index (χ1) is 15.9. The quantitative estimate of drug-likeness (QED) is 0.550. The number of methoxy groups -OCH3 is 2. The number of carbonyl (C=O) groups is 1. The Kier molecular flexibility index (Phi) is 6.68. The zero-order chi connectivity index (χ0) is 23.6. The number of aromatic nitrogens is 1. The largest absolute Gasteiger partial charge is 0.493 e. The topological polar surface area (TPSA) is 97.8 Å². The minimum absolute atomic E-state index is 0.153. The van der Waals surface area contributed by atoms with Crippen LogP contribution in [0.4, 0.5) is 0 Å². The molecule has 0 atom stereocenters. The minimum Gasteiger partial charge on any atom is -0.493 e. The molecular weight excluding hydrogens is 462 g/mol. The molecule has 1 amide bonds. The fourth-order valence-corrected chi connectivity index (χ4v) is 6.04. The van der Waals surface area contributed by atoms with E-state index >= 15 is 0 Å². The Morgan fingerprint density at radius 3 is 2.73 bits per heavy atom. The summed E-state index contributed by atoms with van der Waals surface area (Å²) >= 11 is 1.18. The number of aryl methyl sites for hydroxylation is 1. The number of amides is 1. The molecule has 0 saturated heterocycles. The number of nitrogens with one attached hydrogen (secondary N) is 1. The molecule has 3 heterocycles. The molecule has 1 aliphatic rings. The summed E-state index contributed by atoms with van der Waals surface area (Å²) in [5.41, 5.74) is 4.02. The fourth-order valence-electron chi connectivity index (χ4n) is 4.01. The Hall–Kier alpha value is -2.95. The molecule has 174 valence electrons. The van der Waals surface area contributed by atoms with Crippen LogP contribution in [0.15, 0.2) is 46.1 Å². The zero-order valence-electron chi connectivity index (χ0n) is 18.6. The molecule has 0 bridgehead atoms. The first-order valence-corrected chi connectivity index (χ1v) is 12.7. The summed E-state index contributed by atoms with van der Waals surface area (Å²) in [6.07, 6.45) is 2.37. The van der Waals surface area contributed by atoms with E-state index in [0.717, 1.165) is 22.4 Å². The predicted octanol–water partition coefficient (Wildman–Crippen LogP) is 3.15. The monoisotopic (exact) mass is 487 g/mol. The third-order valence-electron chi connectivity index (χ3n) is 5.72. The minimum atomic E-state index is -3.58. The molecular formula is C23H25N3O5S2. The standard InChI is InChI=1S/C23H25N3O5S2/c1-15-19(13-25-33(28,29)21-8-5-11-32-21)17-9-10-26(14-16(17)12-24-15)23(27)18-6-4-7-20(30-2)22(18)31-3/h4-8,11-12,25H,9-10,13-14H2,1-3H3. The lowest BCUT2D eigenvalue weighted by molar-refractivity contribution is 0.0730. The van der Waals surface area contributed by atoms with Gasteiger partial charge in [0.05, 0.1) is 19.8 Å². The summed E-state index contributed by atoms with van der Waals surface area (Å²) in [4.78, 5) is 19.5. The van der Waals surface area contributed by atoms with E-state index in [-0.39, 0.29) is 16.7 Å². The number of benzene rings is 1. The van der Waals surface area contributed by atoms with Gasteiger partial charge in [0, 0.05) is 31.5 Å². The van der Waals surface area contributed by atoms with Crippen molar-refractivity contribution in [2.24, 2.45) is 0 Å². The molecule has 1 N–H and O–H groups in total. The van der Waals surface area contributed by atoms with Gasteiger partial charge in [-0.05, 0) is 53.6 Å². The number of nitrogens with zero attached hydrogens (tertiary/aromatic N) is 2. The Morgan fingerprint density at radius 1 is 1.21 bits per heavy atom. The Labute approximate surface area is 197 Å². The lowest BCUT2D eigenvalue weighted by Crippen LogP contribution is -2.37. The third-order valence-corrected chi connectivity index (χ3v) is 8.51. The number of hydrogen-bond acceptors (Lipinski definition) is 7. The van der Waals surface area contributed by atoms with Crippen molar-refractivity contribution in [1.82, 2.24) is 14.6 Å². The molecule has 0 radical (unpaired) electrons. The highest BCUT2D eigenvalue weighted by Gasteiger charge is 2.28. The lowest BCUT2D eigenvalue weighted by Gasteiger charge is -2.31. The van der Waals surface area contributed by atoms with Crippen molar-refractivity contribution in [3.05, 3.63) is 69.9 Å². The first-order valence-electron chi connectivity index (χ1n) is 10.4. The number of para-hydroxylation sites is 1. The highest BCUT2D eigenvalue weighted by atomic mass is 32.2. The molecule has 1 aliphatic heterocycles. The molecule has 3 aromatic rings. The third kappa shape index (κ3) is 4.59. The number of rotatable bonds is 7. The maximum absolute atomic E-state index is 13.3. The molecule has 0 fully saturated rings. The summed E-state index contributed by atoms with van der Waals surface area (Å²) in [5, 5.41) is 1.73. The Balaban J connectivity index is 1.57. The van der Waals surface area contributed by atoms with Gasteiger partial charge in [0.1, 0.15) is 4.21 Å². The van der Waals surface area contributed by atoms with E-state index in [1.807, 2.05) is 6.92 Å². The van der Waals surface area contributed by atoms with Crippen LogP contribution in [0.25, 0.3) is 0 Å². The maximum atomic E-state index is 13.3. The van der Waals surface area contributed by atoms with Crippen molar-refractivity contribution < 1.29 is 22.7 Å². The summed E-state index contributed by atoms with van der Waals surface area (Å²) in [6.45, 7) is 2.90. The summed E-state index contributed by atoms with van der Waals surface area (Å²) < 4.78 is 38.8. The molecule has 4 rings (SSSR count). The van der Waals surface area contributed by atoms with Crippen molar-refractivity contribution in [2.45, 2.75) is 30.6 Å². The number of fused-ring (bicyclic) bond motifs is 1. The fraction of sp³-hybridized carbons (Fsp3) is 0.304. The van der Waals surface area contributed by atoms with Crippen LogP contribution in [0.2, 0.25) is 0 Å². The van der Waals surface area contributed by atoms with Crippen molar-refractivity contribution in [3.8, 4) is 11.5 Å². The number of carbonyl (C=O) groups excluding carboxylic acids is 1. The first kappa shape index (κ1) is 23.2. The highest BCUT2D eigenvalue weighted by molar-refractivity contribution is 7.91. The highest BCUT2D eigenvalue weighted by Crippen LogP contribution is 2.33. The van der Waals surface area contributed by atoms with Gasteiger partial charge in [-0.25, -0.2) is 13.1 Å². The van der Waals surface area contributed by atoms with E-state index in [1.54, 1.807) is 46.8 Å². The molecule has 10 heteroatoms. The van der Waals surface area contributed by atoms with E-state index in [9.17, 15) is 13.2 Å². The van der Waals surface area contributed by atoms with Gasteiger partial charge >= 0.3 is 0 Å². The van der Waals surface area contributed by atoms with Crippen molar-refractivity contribution in [3.63, 3.8) is 0 Å². The molecule has 0 saturated carbocycles. The molecule has 0 spiro atoms. The SMILES string of the molecule is COc1cccc(C(=O)N2CCc3c(cnc(C)c3CNS(=O)(=O)c3cccs3)C2)c1OC. The normalized spacial score (nSPS) is 13.5. The van der Waals surface area contributed by atoms with Crippen molar-refractivity contribution >= 4 is 27.3 Å². The zero-order valence-corrected chi connectivity index (χ0v) is 20.3. The number of sulfonamides is 1. The molecule has 2 aromatic heterocycles. The van der Waals surface area contributed by atoms with E-state index in [1.165, 1.54) is 25.6 Å². The number of pyridine rings is 1. The van der Waals surface area contributed by atoms with Gasteiger partial charge in [0.25, 0.3) is 5.91 Å². The van der Waals surface area contributed by atoms with E-state index in [0.29, 0.717) is 36.6 Å². The average Bonchev–Trinajstić information content (AvgIpc) is 3.38. The van der Waals surface area contributed by atoms with Crippen LogP contribution in [0.3, 0.4) is 0 Å². The average molecular weight is 488 g/mol. The summed E-state index contributed by atoms with van der Waals surface area (Å²) in [5.74, 6) is 0.747. The number of ether oxygens (including phenoxy) is 2. The molecule has 33 heavy (non-hydrogen) atoms. The van der Waals surface area contributed by atoms with Crippen LogP contribution in [0.5, 0.6) is 11.5 Å². The maximum Gasteiger partial charge on any atom is 0.258 e. The van der Waals surface area contributed by atoms with Gasteiger partial charge < -0.3 is 14.4 Å². The lowest BCUT2D eigenvalue weighted by atomic mass is 9.94. The Bertz CT molecular complexity index is 1270. The predicted molar refractivity (Wildman–Crippen MR) is 125 cm³/mol. The van der Waals surface area contributed by atoms with Crippen LogP contribution >= 0.6 is 11.3 Å². The smallest absolute Gasteiger partial charge is 0.258 e. The van der Waals surface area contributed by atoms with Crippen LogP contribution in [-0.2, 0) is 29.5 Å². The molecule has 0 aliphatic carbocycles. The second-order valence-electron chi connectivity index (χ2n) is 7.60. The van der Waals surface area contributed by atoms with Crippen LogP contribution in [0.1, 0.15) is 32.7 Å². The van der Waals surface area contributed by atoms with Gasteiger partial charge in [-0.15, -0.1) is 11.3 Å². The van der Waals surface area contributed by atoms with Crippen molar-refractivity contribution in [2.75, 3.05) is 20.8 Å². The van der Waals surface area contributed by atoms with Crippen LogP contribution in [-0.4, -0.2) is 45.0 Å². The van der Waals surface area contributed by atoms with Crippen LogP contribution in [0, 0.1) is 6.92 Å². The number of hydrogen-bond donors (Lipinski definition) is 1. The Morgan fingerprint density at radius 2 is 2.03 bits per heavy atom. The van der Waals surface area contributed by atoms with E-state index in [4.69, 9.17) is 9.47 Å². The number of thiophene rings is 1. The molecule has 8 nitrogen and oxygen atoms in total. The van der Waals surface area contributed by atoms with Gasteiger partial charge in [-0.1, -0.05) is 12.1 Å². The van der Waals surface area contributed by atoms with E-state index in [2.05, 4.69) is 9.71 Å².